The fourth-order valence-corrected chi connectivity index (χ4v) is 2.19. The molecule has 21 heavy (non-hydrogen) atoms. The summed E-state index contributed by atoms with van der Waals surface area (Å²) in [7, 11) is 1.58. The van der Waals surface area contributed by atoms with Crippen LogP contribution in [0.25, 0.3) is 0 Å². The SMILES string of the molecule is COc1ccc(/C(N)=N/OC(=O)c2ccccc2I)cc1. The zero-order valence-corrected chi connectivity index (χ0v) is 13.4. The first-order valence-electron chi connectivity index (χ1n) is 6.05. The second-order valence-electron chi connectivity index (χ2n) is 4.06. The first-order chi connectivity index (χ1) is 10.1. The smallest absolute Gasteiger partial charge is 0.366 e. The van der Waals surface area contributed by atoms with E-state index in [0.29, 0.717) is 16.9 Å². The minimum Gasteiger partial charge on any atom is -0.497 e. The molecule has 0 bridgehead atoms. The lowest BCUT2D eigenvalue weighted by Crippen LogP contribution is -2.15. The van der Waals surface area contributed by atoms with E-state index < -0.39 is 5.97 Å². The molecule has 0 fully saturated rings. The molecule has 0 atom stereocenters. The molecule has 2 rings (SSSR count). The number of carbonyl (C=O) groups is 1. The van der Waals surface area contributed by atoms with Crippen LogP contribution in [0.15, 0.2) is 53.7 Å². The number of rotatable bonds is 4. The largest absolute Gasteiger partial charge is 0.497 e. The summed E-state index contributed by atoms with van der Waals surface area (Å²) in [6.45, 7) is 0. The highest BCUT2D eigenvalue weighted by atomic mass is 127. The van der Waals surface area contributed by atoms with Gasteiger partial charge in [-0.2, -0.15) is 0 Å². The van der Waals surface area contributed by atoms with E-state index >= 15 is 0 Å². The Morgan fingerprint density at radius 1 is 1.14 bits per heavy atom. The number of hydrogen-bond donors (Lipinski definition) is 1. The molecule has 6 heteroatoms. The second-order valence-corrected chi connectivity index (χ2v) is 5.23. The number of halogens is 1. The van der Waals surface area contributed by atoms with E-state index in [1.165, 1.54) is 0 Å². The van der Waals surface area contributed by atoms with Gasteiger partial charge in [0.1, 0.15) is 5.75 Å². The van der Waals surface area contributed by atoms with Gasteiger partial charge in [0.25, 0.3) is 0 Å². The molecular formula is C15H13IN2O3. The molecule has 5 nitrogen and oxygen atoms in total. The molecule has 0 saturated heterocycles. The zero-order valence-electron chi connectivity index (χ0n) is 11.2. The maximum Gasteiger partial charge on any atom is 0.366 e. The molecule has 0 aliphatic rings. The molecule has 2 aromatic carbocycles. The van der Waals surface area contributed by atoms with Crippen LogP contribution in [0.5, 0.6) is 5.75 Å². The Morgan fingerprint density at radius 2 is 1.81 bits per heavy atom. The first kappa shape index (κ1) is 15.3. The van der Waals surface area contributed by atoms with E-state index in [0.717, 1.165) is 3.57 Å². The topological polar surface area (TPSA) is 73.9 Å². The van der Waals surface area contributed by atoms with Gasteiger partial charge in [0.05, 0.1) is 12.7 Å². The Balaban J connectivity index is 2.09. The van der Waals surface area contributed by atoms with E-state index in [1.54, 1.807) is 43.5 Å². The summed E-state index contributed by atoms with van der Waals surface area (Å²) >= 11 is 2.06. The molecular weight excluding hydrogens is 383 g/mol. The van der Waals surface area contributed by atoms with Gasteiger partial charge in [-0.05, 0) is 59.0 Å². The molecule has 0 heterocycles. The zero-order chi connectivity index (χ0) is 15.2. The maximum absolute atomic E-state index is 11.9. The molecule has 0 aromatic heterocycles. The Kier molecular flexibility index (Phi) is 5.15. The lowest BCUT2D eigenvalue weighted by Gasteiger charge is -2.04. The maximum atomic E-state index is 11.9. The molecule has 0 spiro atoms. The summed E-state index contributed by atoms with van der Waals surface area (Å²) in [5, 5.41) is 3.67. The normalized spacial score (nSPS) is 11.0. The molecule has 0 aliphatic heterocycles. The third kappa shape index (κ3) is 3.94. The van der Waals surface area contributed by atoms with Crippen LogP contribution in [0.1, 0.15) is 15.9 Å². The average molecular weight is 396 g/mol. The van der Waals surface area contributed by atoms with E-state index in [-0.39, 0.29) is 5.84 Å². The predicted octanol–water partition coefficient (Wildman–Crippen LogP) is 2.78. The minimum absolute atomic E-state index is 0.122. The van der Waals surface area contributed by atoms with Crippen molar-refractivity contribution in [3.8, 4) is 5.75 Å². The van der Waals surface area contributed by atoms with Crippen molar-refractivity contribution in [2.75, 3.05) is 7.11 Å². The van der Waals surface area contributed by atoms with Crippen LogP contribution in [0.2, 0.25) is 0 Å². The van der Waals surface area contributed by atoms with Gasteiger partial charge < -0.3 is 15.3 Å². The van der Waals surface area contributed by atoms with Gasteiger partial charge in [-0.1, -0.05) is 17.3 Å². The third-order valence-electron chi connectivity index (χ3n) is 2.71. The molecule has 0 aliphatic carbocycles. The molecule has 2 aromatic rings. The number of nitrogens with two attached hydrogens (primary N) is 1. The van der Waals surface area contributed by atoms with Crippen LogP contribution in [0, 0.1) is 3.57 Å². The third-order valence-corrected chi connectivity index (χ3v) is 3.65. The monoisotopic (exact) mass is 396 g/mol. The van der Waals surface area contributed by atoms with Crippen LogP contribution in [-0.4, -0.2) is 18.9 Å². The van der Waals surface area contributed by atoms with E-state index in [9.17, 15) is 4.79 Å². The van der Waals surface area contributed by atoms with Crippen molar-refractivity contribution in [1.82, 2.24) is 0 Å². The summed E-state index contributed by atoms with van der Waals surface area (Å²) in [6, 6.07) is 14.1. The molecule has 0 saturated carbocycles. The van der Waals surface area contributed by atoms with Gasteiger partial charge in [-0.15, -0.1) is 0 Å². The van der Waals surface area contributed by atoms with Crippen molar-refractivity contribution in [1.29, 1.82) is 0 Å². The van der Waals surface area contributed by atoms with Crippen molar-refractivity contribution < 1.29 is 14.4 Å². The standard InChI is InChI=1S/C15H13IN2O3/c1-20-11-8-6-10(7-9-11)14(17)18-21-15(19)12-4-2-3-5-13(12)16/h2-9H,1H3,(H2,17,18). The Hall–Kier alpha value is -2.09. The fourth-order valence-electron chi connectivity index (χ4n) is 1.58. The average Bonchev–Trinajstić information content (AvgIpc) is 2.52. The highest BCUT2D eigenvalue weighted by Crippen LogP contribution is 2.14. The predicted molar refractivity (Wildman–Crippen MR) is 88.3 cm³/mol. The van der Waals surface area contributed by atoms with Gasteiger partial charge in [-0.3, -0.25) is 0 Å². The molecule has 0 amide bonds. The number of benzene rings is 2. The number of ether oxygens (including phenoxy) is 1. The summed E-state index contributed by atoms with van der Waals surface area (Å²) in [5.74, 6) is 0.288. The Morgan fingerprint density at radius 3 is 2.43 bits per heavy atom. The number of carbonyl (C=O) groups excluding carboxylic acids is 1. The first-order valence-corrected chi connectivity index (χ1v) is 7.13. The van der Waals surface area contributed by atoms with Crippen LogP contribution in [0.3, 0.4) is 0 Å². The summed E-state index contributed by atoms with van der Waals surface area (Å²) < 4.78 is 5.84. The summed E-state index contributed by atoms with van der Waals surface area (Å²) in [5.41, 5.74) is 6.87. The number of hydrogen-bond acceptors (Lipinski definition) is 4. The van der Waals surface area contributed by atoms with Crippen LogP contribution >= 0.6 is 22.6 Å². The van der Waals surface area contributed by atoms with Gasteiger partial charge in [0, 0.05) is 9.13 Å². The molecule has 0 radical (unpaired) electrons. The van der Waals surface area contributed by atoms with Crippen LogP contribution in [0.4, 0.5) is 0 Å². The Labute approximate surface area is 135 Å². The molecule has 0 unspecified atom stereocenters. The van der Waals surface area contributed by atoms with Gasteiger partial charge in [0.15, 0.2) is 5.84 Å². The van der Waals surface area contributed by atoms with Gasteiger partial charge in [0.2, 0.25) is 0 Å². The number of oxime groups is 1. The summed E-state index contributed by atoms with van der Waals surface area (Å²) in [4.78, 5) is 16.8. The highest BCUT2D eigenvalue weighted by Gasteiger charge is 2.11. The minimum atomic E-state index is -0.545. The second kappa shape index (κ2) is 7.07. The molecule has 108 valence electrons. The van der Waals surface area contributed by atoms with Crippen molar-refractivity contribution >= 4 is 34.4 Å². The summed E-state index contributed by atoms with van der Waals surface area (Å²) in [6.07, 6.45) is 0. The van der Waals surface area contributed by atoms with Crippen molar-refractivity contribution in [3.05, 3.63) is 63.2 Å². The fraction of sp³-hybridized carbons (Fsp3) is 0.0667. The Bertz CT molecular complexity index is 669. The number of methoxy groups -OCH3 is 1. The quantitative estimate of drug-likeness (QED) is 0.284. The van der Waals surface area contributed by atoms with Crippen molar-refractivity contribution in [2.45, 2.75) is 0 Å². The number of nitrogens with zero attached hydrogens (tertiary/aromatic N) is 1. The number of amidine groups is 1. The van der Waals surface area contributed by atoms with E-state index in [2.05, 4.69) is 27.7 Å². The van der Waals surface area contributed by atoms with Gasteiger partial charge in [-0.25, -0.2) is 4.79 Å². The van der Waals surface area contributed by atoms with Crippen LogP contribution < -0.4 is 10.5 Å². The lowest BCUT2D eigenvalue weighted by molar-refractivity contribution is 0.0515. The molecule has 2 N–H and O–H groups in total. The van der Waals surface area contributed by atoms with Crippen molar-refractivity contribution in [3.63, 3.8) is 0 Å². The van der Waals surface area contributed by atoms with Crippen LogP contribution in [-0.2, 0) is 4.84 Å². The van der Waals surface area contributed by atoms with E-state index in [4.69, 9.17) is 15.3 Å². The highest BCUT2D eigenvalue weighted by molar-refractivity contribution is 14.1. The lowest BCUT2D eigenvalue weighted by atomic mass is 10.2. The van der Waals surface area contributed by atoms with Gasteiger partial charge >= 0.3 is 5.97 Å². The van der Waals surface area contributed by atoms with Crippen molar-refractivity contribution in [2.24, 2.45) is 10.9 Å². The van der Waals surface area contributed by atoms with E-state index in [1.807, 2.05) is 12.1 Å².